The molecule has 0 radical (unpaired) electrons. The van der Waals surface area contributed by atoms with E-state index >= 15 is 0 Å². The minimum atomic E-state index is -4.85. The highest BCUT2D eigenvalue weighted by Crippen LogP contribution is 2.38. The van der Waals surface area contributed by atoms with E-state index in [4.69, 9.17) is 9.47 Å². The maximum atomic E-state index is 14.6. The molecule has 2 aromatic carbocycles. The monoisotopic (exact) mass is 435 g/mol. The molecule has 1 aliphatic heterocycles. The third kappa shape index (κ3) is 6.14. The van der Waals surface area contributed by atoms with Gasteiger partial charge in [0.2, 0.25) is 0 Å². The van der Waals surface area contributed by atoms with Gasteiger partial charge in [-0.05, 0) is 55.6 Å². The van der Waals surface area contributed by atoms with E-state index in [0.29, 0.717) is 5.56 Å². The Morgan fingerprint density at radius 1 is 1.03 bits per heavy atom. The second-order valence-electron chi connectivity index (χ2n) is 6.54. The first-order valence-corrected chi connectivity index (χ1v) is 8.93. The van der Waals surface area contributed by atoms with Crippen molar-refractivity contribution < 1.29 is 31.8 Å². The van der Waals surface area contributed by atoms with Gasteiger partial charge in [-0.3, -0.25) is 0 Å². The summed E-state index contributed by atoms with van der Waals surface area (Å²) >= 11 is 0. The van der Waals surface area contributed by atoms with Crippen molar-refractivity contribution in [3.63, 3.8) is 0 Å². The van der Waals surface area contributed by atoms with Crippen LogP contribution in [0.4, 0.5) is 17.6 Å². The Kier molecular flexibility index (Phi) is 7.98. The zero-order valence-electron chi connectivity index (χ0n) is 15.7. The molecule has 0 unspecified atom stereocenters. The summed E-state index contributed by atoms with van der Waals surface area (Å²) < 4.78 is 67.5. The van der Waals surface area contributed by atoms with E-state index in [1.165, 1.54) is 31.4 Å². The Balaban J connectivity index is 0.00000300. The Labute approximate surface area is 172 Å². The topological polar surface area (TPSA) is 39.7 Å². The maximum absolute atomic E-state index is 14.6. The molecular formula is C20H22ClF4NO3. The molecule has 0 saturated carbocycles. The van der Waals surface area contributed by atoms with E-state index < -0.39 is 17.9 Å². The first-order valence-electron chi connectivity index (χ1n) is 8.93. The van der Waals surface area contributed by atoms with E-state index in [9.17, 15) is 17.6 Å². The Hall–Kier alpha value is -2.19. The summed E-state index contributed by atoms with van der Waals surface area (Å²) in [7, 11) is 1.34. The van der Waals surface area contributed by atoms with Crippen molar-refractivity contribution in [1.29, 1.82) is 0 Å². The zero-order valence-corrected chi connectivity index (χ0v) is 16.5. The van der Waals surface area contributed by atoms with Crippen LogP contribution in [0.1, 0.15) is 12.8 Å². The van der Waals surface area contributed by atoms with Crippen molar-refractivity contribution in [2.75, 3.05) is 26.8 Å². The standard InChI is InChI=1S/C20H21F4NO3.ClH/c1-26-17-4-2-3-15(19(17)21)14-5-6-16(28-20(22,23)24)18(11-14)27-12-13-7-9-25-10-8-13;/h2-6,11,13,25H,7-10,12H2,1H3;1H. The fraction of sp³-hybridized carbons (Fsp3) is 0.400. The van der Waals surface area contributed by atoms with Crippen molar-refractivity contribution in [3.05, 3.63) is 42.2 Å². The average Bonchev–Trinajstić information content (AvgIpc) is 2.67. The number of halogens is 5. The molecule has 160 valence electrons. The van der Waals surface area contributed by atoms with Gasteiger partial charge in [-0.25, -0.2) is 4.39 Å². The minimum absolute atomic E-state index is 0. The van der Waals surface area contributed by atoms with Crippen LogP contribution in [-0.4, -0.2) is 33.2 Å². The van der Waals surface area contributed by atoms with Gasteiger partial charge in [-0.15, -0.1) is 25.6 Å². The molecule has 3 rings (SSSR count). The molecule has 0 aliphatic carbocycles. The van der Waals surface area contributed by atoms with Crippen molar-refractivity contribution in [2.24, 2.45) is 5.92 Å². The molecule has 1 saturated heterocycles. The predicted molar refractivity (Wildman–Crippen MR) is 103 cm³/mol. The van der Waals surface area contributed by atoms with Crippen LogP contribution in [0, 0.1) is 11.7 Å². The number of methoxy groups -OCH3 is 1. The molecular weight excluding hydrogens is 414 g/mol. The molecule has 0 bridgehead atoms. The molecule has 2 aromatic rings. The summed E-state index contributed by atoms with van der Waals surface area (Å²) in [5.41, 5.74) is 0.566. The third-order valence-corrected chi connectivity index (χ3v) is 4.60. The molecule has 1 aliphatic rings. The number of piperidine rings is 1. The van der Waals surface area contributed by atoms with Crippen LogP contribution >= 0.6 is 12.4 Å². The SMILES string of the molecule is COc1cccc(-c2ccc(OC(F)(F)F)c(OCC3CCNCC3)c2)c1F.Cl. The average molecular weight is 436 g/mol. The normalized spacial score (nSPS) is 14.8. The Morgan fingerprint density at radius 3 is 2.41 bits per heavy atom. The lowest BCUT2D eigenvalue weighted by atomic mass is 9.99. The lowest BCUT2D eigenvalue weighted by Crippen LogP contribution is -2.30. The fourth-order valence-electron chi connectivity index (χ4n) is 3.14. The molecule has 1 N–H and O–H groups in total. The molecule has 29 heavy (non-hydrogen) atoms. The van der Waals surface area contributed by atoms with Crippen LogP contribution in [0.25, 0.3) is 11.1 Å². The molecule has 0 aromatic heterocycles. The number of alkyl halides is 3. The number of ether oxygens (including phenoxy) is 3. The van der Waals surface area contributed by atoms with Crippen LogP contribution in [0.5, 0.6) is 17.2 Å². The van der Waals surface area contributed by atoms with Crippen LogP contribution < -0.4 is 19.5 Å². The molecule has 0 atom stereocenters. The second-order valence-corrected chi connectivity index (χ2v) is 6.54. The lowest BCUT2D eigenvalue weighted by molar-refractivity contribution is -0.275. The Bertz CT molecular complexity index is 811. The van der Waals surface area contributed by atoms with Gasteiger partial charge in [-0.2, -0.15) is 0 Å². The third-order valence-electron chi connectivity index (χ3n) is 4.60. The van der Waals surface area contributed by atoms with Gasteiger partial charge >= 0.3 is 6.36 Å². The van der Waals surface area contributed by atoms with Gasteiger partial charge in [0.15, 0.2) is 23.1 Å². The molecule has 0 amide bonds. The van der Waals surface area contributed by atoms with Gasteiger partial charge in [-0.1, -0.05) is 18.2 Å². The largest absolute Gasteiger partial charge is 0.573 e. The van der Waals surface area contributed by atoms with Gasteiger partial charge < -0.3 is 19.5 Å². The molecule has 4 nitrogen and oxygen atoms in total. The summed E-state index contributed by atoms with van der Waals surface area (Å²) in [6.45, 7) is 1.95. The van der Waals surface area contributed by atoms with E-state index in [0.717, 1.165) is 32.0 Å². The van der Waals surface area contributed by atoms with Crippen molar-refractivity contribution in [1.82, 2.24) is 5.32 Å². The quantitative estimate of drug-likeness (QED) is 0.633. The summed E-state index contributed by atoms with van der Waals surface area (Å²) in [6, 6.07) is 8.45. The highest BCUT2D eigenvalue weighted by molar-refractivity contribution is 5.85. The van der Waals surface area contributed by atoms with E-state index in [1.807, 2.05) is 0 Å². The van der Waals surface area contributed by atoms with Crippen LogP contribution in [0.15, 0.2) is 36.4 Å². The number of hydrogen-bond donors (Lipinski definition) is 1. The number of nitrogens with one attached hydrogen (secondary N) is 1. The van der Waals surface area contributed by atoms with Crippen molar-refractivity contribution >= 4 is 12.4 Å². The van der Waals surface area contributed by atoms with E-state index in [-0.39, 0.29) is 42.0 Å². The summed E-state index contributed by atoms with van der Waals surface area (Å²) in [5, 5.41) is 3.22. The number of benzene rings is 2. The van der Waals surface area contributed by atoms with E-state index in [2.05, 4.69) is 10.1 Å². The van der Waals surface area contributed by atoms with Crippen LogP contribution in [-0.2, 0) is 0 Å². The Morgan fingerprint density at radius 2 is 1.76 bits per heavy atom. The predicted octanol–water partition coefficient (Wildman–Crippen LogP) is 5.20. The van der Waals surface area contributed by atoms with Gasteiger partial charge in [0.25, 0.3) is 0 Å². The molecule has 9 heteroatoms. The lowest BCUT2D eigenvalue weighted by Gasteiger charge is -2.23. The smallest absolute Gasteiger partial charge is 0.494 e. The minimum Gasteiger partial charge on any atom is -0.494 e. The summed E-state index contributed by atoms with van der Waals surface area (Å²) in [5.74, 6) is -0.842. The molecule has 1 fully saturated rings. The first-order chi connectivity index (χ1) is 13.4. The van der Waals surface area contributed by atoms with Crippen LogP contribution in [0.3, 0.4) is 0 Å². The molecule has 1 heterocycles. The summed E-state index contributed by atoms with van der Waals surface area (Å²) in [6.07, 6.45) is -3.10. The zero-order chi connectivity index (χ0) is 20.1. The first kappa shape index (κ1) is 23.1. The number of hydrogen-bond acceptors (Lipinski definition) is 4. The van der Waals surface area contributed by atoms with E-state index in [1.54, 1.807) is 6.07 Å². The van der Waals surface area contributed by atoms with Gasteiger partial charge in [0, 0.05) is 5.56 Å². The maximum Gasteiger partial charge on any atom is 0.573 e. The van der Waals surface area contributed by atoms with Gasteiger partial charge in [0.05, 0.1) is 13.7 Å². The fourth-order valence-corrected chi connectivity index (χ4v) is 3.14. The van der Waals surface area contributed by atoms with Crippen LogP contribution in [0.2, 0.25) is 0 Å². The van der Waals surface area contributed by atoms with Crippen molar-refractivity contribution in [2.45, 2.75) is 19.2 Å². The highest BCUT2D eigenvalue weighted by atomic mass is 35.5. The van der Waals surface area contributed by atoms with Crippen molar-refractivity contribution in [3.8, 4) is 28.4 Å². The highest BCUT2D eigenvalue weighted by Gasteiger charge is 2.33. The molecule has 0 spiro atoms. The van der Waals surface area contributed by atoms with Gasteiger partial charge in [0.1, 0.15) is 0 Å². The summed E-state index contributed by atoms with van der Waals surface area (Å²) in [4.78, 5) is 0. The number of rotatable bonds is 6. The second kappa shape index (κ2) is 10.0.